The van der Waals surface area contributed by atoms with Crippen molar-refractivity contribution < 1.29 is 4.79 Å². The first kappa shape index (κ1) is 12.5. The number of piperidine rings is 1. The van der Waals surface area contributed by atoms with Crippen LogP contribution in [-0.2, 0) is 4.79 Å². The maximum Gasteiger partial charge on any atom is 0.239 e. The first-order valence-corrected chi connectivity index (χ1v) is 7.84. The molecule has 102 valence electrons. The molecule has 2 atom stereocenters. The fourth-order valence-electron chi connectivity index (χ4n) is 3.20. The van der Waals surface area contributed by atoms with Crippen molar-refractivity contribution in [3.05, 3.63) is 0 Å². The lowest BCUT2D eigenvalue weighted by atomic mass is 9.98. The van der Waals surface area contributed by atoms with Gasteiger partial charge in [-0.2, -0.15) is 0 Å². The predicted octanol–water partition coefficient (Wildman–Crippen LogP) is 2.31. The molecule has 3 aliphatic rings. The van der Waals surface area contributed by atoms with E-state index < -0.39 is 0 Å². The molecule has 3 rings (SSSR count). The summed E-state index contributed by atoms with van der Waals surface area (Å²) in [5, 5.41) is 3.53. The van der Waals surface area contributed by atoms with Gasteiger partial charge in [-0.15, -0.1) is 0 Å². The van der Waals surface area contributed by atoms with E-state index in [2.05, 4.69) is 17.1 Å². The lowest BCUT2D eigenvalue weighted by molar-refractivity contribution is -0.139. The zero-order valence-corrected chi connectivity index (χ0v) is 11.5. The maximum absolute atomic E-state index is 12.6. The smallest absolute Gasteiger partial charge is 0.239 e. The molecule has 0 bridgehead atoms. The highest BCUT2D eigenvalue weighted by Crippen LogP contribution is 2.36. The molecular weight excluding hydrogens is 224 g/mol. The SMILES string of the molecule is CCC(CC1CC1)N1CCCC(NC2CC2)C1=O. The monoisotopic (exact) mass is 250 g/mol. The molecule has 18 heavy (non-hydrogen) atoms. The standard InChI is InChI=1S/C15H26N2O/c1-2-13(10-11-5-6-11)17-9-3-4-14(15(17)18)16-12-7-8-12/h11-14,16H,2-10H2,1H3. The van der Waals surface area contributed by atoms with Gasteiger partial charge in [-0.3, -0.25) is 4.79 Å². The molecule has 0 aromatic carbocycles. The van der Waals surface area contributed by atoms with Crippen molar-refractivity contribution in [3.63, 3.8) is 0 Å². The Hall–Kier alpha value is -0.570. The van der Waals surface area contributed by atoms with Crippen LogP contribution in [0.25, 0.3) is 0 Å². The van der Waals surface area contributed by atoms with Crippen molar-refractivity contribution >= 4 is 5.91 Å². The van der Waals surface area contributed by atoms with Crippen molar-refractivity contribution in [2.45, 2.75) is 76.4 Å². The number of carbonyl (C=O) groups excluding carboxylic acids is 1. The van der Waals surface area contributed by atoms with E-state index in [0.717, 1.165) is 25.3 Å². The summed E-state index contributed by atoms with van der Waals surface area (Å²) >= 11 is 0. The van der Waals surface area contributed by atoms with Crippen molar-refractivity contribution in [3.8, 4) is 0 Å². The lowest BCUT2D eigenvalue weighted by Gasteiger charge is -2.38. The number of nitrogens with one attached hydrogen (secondary N) is 1. The number of rotatable bonds is 6. The zero-order valence-electron chi connectivity index (χ0n) is 11.5. The Balaban J connectivity index is 1.59. The molecule has 0 aromatic heterocycles. The third-order valence-electron chi connectivity index (χ3n) is 4.70. The number of amides is 1. The average molecular weight is 250 g/mol. The minimum atomic E-state index is 0.125. The van der Waals surface area contributed by atoms with Crippen LogP contribution in [0.2, 0.25) is 0 Å². The van der Waals surface area contributed by atoms with E-state index in [1.54, 1.807) is 0 Å². The Labute approximate surface area is 110 Å². The largest absolute Gasteiger partial charge is 0.338 e. The van der Waals surface area contributed by atoms with E-state index in [1.165, 1.54) is 38.5 Å². The van der Waals surface area contributed by atoms with Gasteiger partial charge in [0.2, 0.25) is 5.91 Å². The molecule has 2 saturated carbocycles. The molecule has 2 unspecified atom stereocenters. The first-order valence-electron chi connectivity index (χ1n) is 7.84. The minimum Gasteiger partial charge on any atom is -0.338 e. The van der Waals surface area contributed by atoms with Gasteiger partial charge >= 0.3 is 0 Å². The van der Waals surface area contributed by atoms with Gasteiger partial charge in [-0.05, 0) is 44.4 Å². The average Bonchev–Trinajstić information content (AvgIpc) is 3.24. The number of hydrogen-bond donors (Lipinski definition) is 1. The fraction of sp³-hybridized carbons (Fsp3) is 0.933. The summed E-state index contributed by atoms with van der Waals surface area (Å²) in [4.78, 5) is 14.8. The van der Waals surface area contributed by atoms with Crippen LogP contribution in [0.3, 0.4) is 0 Å². The lowest BCUT2D eigenvalue weighted by Crippen LogP contribution is -2.54. The van der Waals surface area contributed by atoms with Crippen LogP contribution in [0.1, 0.15) is 58.3 Å². The van der Waals surface area contributed by atoms with Gasteiger partial charge in [0.1, 0.15) is 0 Å². The molecule has 1 heterocycles. The normalized spacial score (nSPS) is 30.6. The summed E-state index contributed by atoms with van der Waals surface area (Å²) in [6.07, 6.45) is 9.91. The van der Waals surface area contributed by atoms with E-state index >= 15 is 0 Å². The second-order valence-electron chi connectivity index (χ2n) is 6.41. The van der Waals surface area contributed by atoms with Crippen molar-refractivity contribution in [2.24, 2.45) is 5.92 Å². The highest BCUT2D eigenvalue weighted by molar-refractivity contribution is 5.83. The third kappa shape index (κ3) is 2.87. The quantitative estimate of drug-likeness (QED) is 0.784. The predicted molar refractivity (Wildman–Crippen MR) is 72.3 cm³/mol. The highest BCUT2D eigenvalue weighted by Gasteiger charge is 2.37. The topological polar surface area (TPSA) is 32.3 Å². The summed E-state index contributed by atoms with van der Waals surface area (Å²) in [6.45, 7) is 3.23. The van der Waals surface area contributed by atoms with E-state index in [4.69, 9.17) is 0 Å². The molecule has 1 N–H and O–H groups in total. The van der Waals surface area contributed by atoms with Gasteiger partial charge in [-0.1, -0.05) is 19.8 Å². The summed E-state index contributed by atoms with van der Waals surface area (Å²) < 4.78 is 0. The van der Waals surface area contributed by atoms with Crippen LogP contribution >= 0.6 is 0 Å². The molecule has 0 radical (unpaired) electrons. The van der Waals surface area contributed by atoms with Gasteiger partial charge in [0.25, 0.3) is 0 Å². The Morgan fingerprint density at radius 3 is 2.67 bits per heavy atom. The van der Waals surface area contributed by atoms with Gasteiger partial charge in [0, 0.05) is 18.6 Å². The van der Waals surface area contributed by atoms with Crippen molar-refractivity contribution in [1.29, 1.82) is 0 Å². The van der Waals surface area contributed by atoms with Crippen LogP contribution < -0.4 is 5.32 Å². The van der Waals surface area contributed by atoms with Crippen LogP contribution in [0.15, 0.2) is 0 Å². The van der Waals surface area contributed by atoms with Gasteiger partial charge < -0.3 is 10.2 Å². The molecule has 3 nitrogen and oxygen atoms in total. The number of carbonyl (C=O) groups is 1. The Kier molecular flexibility index (Phi) is 3.60. The summed E-state index contributed by atoms with van der Waals surface area (Å²) in [5.74, 6) is 1.31. The first-order chi connectivity index (χ1) is 8.78. The van der Waals surface area contributed by atoms with E-state index in [-0.39, 0.29) is 6.04 Å². The van der Waals surface area contributed by atoms with Crippen LogP contribution in [-0.4, -0.2) is 35.5 Å². The van der Waals surface area contributed by atoms with E-state index in [1.807, 2.05) is 0 Å². The number of likely N-dealkylation sites (tertiary alicyclic amines) is 1. The van der Waals surface area contributed by atoms with Gasteiger partial charge in [0.05, 0.1) is 6.04 Å². The third-order valence-corrected chi connectivity index (χ3v) is 4.70. The molecule has 0 spiro atoms. The molecule has 3 fully saturated rings. The van der Waals surface area contributed by atoms with Crippen LogP contribution in [0.5, 0.6) is 0 Å². The van der Waals surface area contributed by atoms with Crippen LogP contribution in [0, 0.1) is 5.92 Å². The van der Waals surface area contributed by atoms with E-state index in [9.17, 15) is 4.79 Å². The number of hydrogen-bond acceptors (Lipinski definition) is 2. The minimum absolute atomic E-state index is 0.125. The molecule has 1 aliphatic heterocycles. The second-order valence-corrected chi connectivity index (χ2v) is 6.41. The van der Waals surface area contributed by atoms with E-state index in [0.29, 0.717) is 18.0 Å². The van der Waals surface area contributed by atoms with Gasteiger partial charge in [0.15, 0.2) is 0 Å². The summed E-state index contributed by atoms with van der Waals surface area (Å²) in [5.41, 5.74) is 0. The van der Waals surface area contributed by atoms with Crippen molar-refractivity contribution in [1.82, 2.24) is 10.2 Å². The fourth-order valence-corrected chi connectivity index (χ4v) is 3.20. The van der Waals surface area contributed by atoms with Crippen LogP contribution in [0.4, 0.5) is 0 Å². The second kappa shape index (κ2) is 5.20. The molecule has 3 heteroatoms. The highest BCUT2D eigenvalue weighted by atomic mass is 16.2. The molecule has 2 aliphatic carbocycles. The zero-order chi connectivity index (χ0) is 12.5. The Morgan fingerprint density at radius 2 is 2.06 bits per heavy atom. The summed E-state index contributed by atoms with van der Waals surface area (Å²) in [6, 6.07) is 1.27. The molecular formula is C15H26N2O. The molecule has 0 aromatic rings. The maximum atomic E-state index is 12.6. The molecule has 1 saturated heterocycles. The van der Waals surface area contributed by atoms with Gasteiger partial charge in [-0.25, -0.2) is 0 Å². The Morgan fingerprint density at radius 1 is 1.28 bits per heavy atom. The Bertz CT molecular complexity index is 310. The number of nitrogens with zero attached hydrogens (tertiary/aromatic N) is 1. The summed E-state index contributed by atoms with van der Waals surface area (Å²) in [7, 11) is 0. The molecule has 1 amide bonds. The van der Waals surface area contributed by atoms with Crippen molar-refractivity contribution in [2.75, 3.05) is 6.54 Å².